The summed E-state index contributed by atoms with van der Waals surface area (Å²) in [5.41, 5.74) is 7.09. The number of hydrogen-bond donors (Lipinski definition) is 1. The maximum absolute atomic E-state index is 9.64. The number of ether oxygens (including phenoxy) is 1. The van der Waals surface area contributed by atoms with Gasteiger partial charge in [-0.25, -0.2) is 0 Å². The van der Waals surface area contributed by atoms with Gasteiger partial charge in [0.2, 0.25) is 5.88 Å². The van der Waals surface area contributed by atoms with Crippen LogP contribution in [0.4, 0.5) is 0 Å². The molecule has 0 saturated heterocycles. The highest BCUT2D eigenvalue weighted by Gasteiger charge is 2.37. The molecule has 1 aliphatic heterocycles. The Labute approximate surface area is 138 Å². The van der Waals surface area contributed by atoms with E-state index in [0.29, 0.717) is 11.3 Å². The molecule has 0 radical (unpaired) electrons. The van der Waals surface area contributed by atoms with Gasteiger partial charge in [0.25, 0.3) is 0 Å². The average Bonchev–Trinajstić information content (AvgIpc) is 2.46. The minimum atomic E-state index is -0.494. The maximum atomic E-state index is 9.64. The van der Waals surface area contributed by atoms with E-state index < -0.39 is 5.92 Å². The normalized spacial score (nSPS) is 18.5. The molecule has 0 aliphatic carbocycles. The number of allylic oxidation sites excluding steroid dienone is 3. The molecule has 5 heteroatoms. The molecular weight excluding hydrogens is 342 g/mol. The molecule has 2 rings (SSSR count). The minimum absolute atomic E-state index is 0.0688. The van der Waals surface area contributed by atoms with E-state index in [4.69, 9.17) is 10.5 Å². The van der Waals surface area contributed by atoms with Crippen LogP contribution in [-0.2, 0) is 4.74 Å². The summed E-state index contributed by atoms with van der Waals surface area (Å²) in [5, 5.41) is 19.1. The average molecular weight is 358 g/mol. The highest BCUT2D eigenvalue weighted by atomic mass is 79.9. The van der Waals surface area contributed by atoms with Crippen molar-refractivity contribution in [3.05, 3.63) is 57.1 Å². The molecule has 22 heavy (non-hydrogen) atoms. The van der Waals surface area contributed by atoms with Crippen LogP contribution in [0.25, 0.3) is 0 Å². The Morgan fingerprint density at radius 3 is 2.09 bits per heavy atom. The molecular formula is C17H16BrN3O. The summed E-state index contributed by atoms with van der Waals surface area (Å²) in [6, 6.07) is 11.8. The summed E-state index contributed by atoms with van der Waals surface area (Å²) in [4.78, 5) is 0. The maximum Gasteiger partial charge on any atom is 0.205 e. The third kappa shape index (κ3) is 2.86. The van der Waals surface area contributed by atoms with E-state index in [-0.39, 0.29) is 16.9 Å². The van der Waals surface area contributed by atoms with Gasteiger partial charge in [0.05, 0.1) is 17.6 Å². The Morgan fingerprint density at radius 2 is 1.64 bits per heavy atom. The molecule has 1 aromatic rings. The molecule has 0 amide bonds. The van der Waals surface area contributed by atoms with Crippen LogP contribution in [0.1, 0.15) is 32.3 Å². The number of hydrogen-bond acceptors (Lipinski definition) is 4. The van der Waals surface area contributed by atoms with Crippen LogP contribution in [0, 0.1) is 28.1 Å². The van der Waals surface area contributed by atoms with Gasteiger partial charge in [-0.3, -0.25) is 0 Å². The predicted octanol–water partition coefficient (Wildman–Crippen LogP) is 4.08. The summed E-state index contributed by atoms with van der Waals surface area (Å²) in [6.45, 7) is 5.84. The van der Waals surface area contributed by atoms with Crippen molar-refractivity contribution in [2.45, 2.75) is 26.7 Å². The number of halogens is 1. The smallest absolute Gasteiger partial charge is 0.205 e. The van der Waals surface area contributed by atoms with Crippen LogP contribution >= 0.6 is 15.9 Å². The summed E-state index contributed by atoms with van der Waals surface area (Å²) < 4.78 is 6.54. The van der Waals surface area contributed by atoms with E-state index in [9.17, 15) is 10.5 Å². The third-order valence-electron chi connectivity index (χ3n) is 3.42. The van der Waals surface area contributed by atoms with Gasteiger partial charge in [-0.05, 0) is 17.7 Å². The second kappa shape index (κ2) is 5.87. The molecule has 0 saturated carbocycles. The van der Waals surface area contributed by atoms with Crippen LogP contribution in [0.5, 0.6) is 0 Å². The van der Waals surface area contributed by atoms with Crippen molar-refractivity contribution in [1.29, 1.82) is 10.5 Å². The summed E-state index contributed by atoms with van der Waals surface area (Å²) >= 11 is 3.39. The van der Waals surface area contributed by atoms with Crippen LogP contribution in [0.3, 0.4) is 0 Å². The van der Waals surface area contributed by atoms with E-state index in [1.165, 1.54) is 0 Å². The molecule has 2 N–H and O–H groups in total. The molecule has 0 unspecified atom stereocenters. The van der Waals surface area contributed by atoms with E-state index in [2.05, 4.69) is 28.1 Å². The molecule has 1 atom stereocenters. The van der Waals surface area contributed by atoms with Gasteiger partial charge in [-0.1, -0.05) is 48.8 Å². The highest BCUT2D eigenvalue weighted by Crippen LogP contribution is 2.44. The van der Waals surface area contributed by atoms with E-state index in [1.807, 2.05) is 45.0 Å². The molecule has 0 aromatic heterocycles. The Balaban J connectivity index is 2.70. The summed E-state index contributed by atoms with van der Waals surface area (Å²) in [6.07, 6.45) is 0. The second-order valence-electron chi connectivity index (χ2n) is 6.08. The van der Waals surface area contributed by atoms with Gasteiger partial charge in [-0.15, -0.1) is 0 Å². The summed E-state index contributed by atoms with van der Waals surface area (Å²) in [7, 11) is 0. The lowest BCUT2D eigenvalue weighted by Crippen LogP contribution is -2.26. The first-order chi connectivity index (χ1) is 10.3. The van der Waals surface area contributed by atoms with Gasteiger partial charge >= 0.3 is 0 Å². The molecule has 112 valence electrons. The Bertz CT molecular complexity index is 740. The molecule has 1 heterocycles. The first-order valence-electron chi connectivity index (χ1n) is 6.77. The predicted molar refractivity (Wildman–Crippen MR) is 86.9 cm³/mol. The zero-order chi connectivity index (χ0) is 16.5. The number of rotatable bonds is 1. The Hall–Kier alpha value is -2.24. The number of nitrogens with zero attached hydrogens (tertiary/aromatic N) is 2. The molecule has 0 fully saturated rings. The van der Waals surface area contributed by atoms with E-state index in [1.54, 1.807) is 0 Å². The standard InChI is InChI=1S/C17H16BrN3O/c1-17(2,3)15-12(8-19)14(13(9-20)16(21)22-15)10-4-6-11(18)7-5-10/h4-7,14H,21H2,1-3H3/t14-/m1/s1. The molecule has 4 nitrogen and oxygen atoms in total. The van der Waals surface area contributed by atoms with Gasteiger partial charge in [-0.2, -0.15) is 10.5 Å². The van der Waals surface area contributed by atoms with Crippen molar-refractivity contribution in [2.75, 3.05) is 0 Å². The highest BCUT2D eigenvalue weighted by molar-refractivity contribution is 9.10. The van der Waals surface area contributed by atoms with E-state index >= 15 is 0 Å². The fourth-order valence-electron chi connectivity index (χ4n) is 2.42. The number of nitriles is 2. The van der Waals surface area contributed by atoms with Crippen LogP contribution < -0.4 is 5.73 Å². The minimum Gasteiger partial charge on any atom is -0.443 e. The fraction of sp³-hybridized carbons (Fsp3) is 0.294. The largest absolute Gasteiger partial charge is 0.443 e. The van der Waals surface area contributed by atoms with Crippen molar-refractivity contribution in [2.24, 2.45) is 11.1 Å². The van der Waals surface area contributed by atoms with Crippen LogP contribution in [-0.4, -0.2) is 0 Å². The zero-order valence-corrected chi connectivity index (χ0v) is 14.2. The van der Waals surface area contributed by atoms with Gasteiger partial charge in [0.1, 0.15) is 17.4 Å². The fourth-order valence-corrected chi connectivity index (χ4v) is 2.68. The van der Waals surface area contributed by atoms with Crippen molar-refractivity contribution in [1.82, 2.24) is 0 Å². The molecule has 0 bridgehead atoms. The van der Waals surface area contributed by atoms with Crippen molar-refractivity contribution in [3.63, 3.8) is 0 Å². The number of nitrogens with two attached hydrogens (primary N) is 1. The van der Waals surface area contributed by atoms with Crippen molar-refractivity contribution < 1.29 is 4.74 Å². The summed E-state index contributed by atoms with van der Waals surface area (Å²) in [5.74, 6) is 0.0878. The van der Waals surface area contributed by atoms with Crippen molar-refractivity contribution >= 4 is 15.9 Å². The lowest BCUT2D eigenvalue weighted by Gasteiger charge is -2.32. The third-order valence-corrected chi connectivity index (χ3v) is 3.95. The van der Waals surface area contributed by atoms with Gasteiger partial charge < -0.3 is 10.5 Å². The first-order valence-corrected chi connectivity index (χ1v) is 7.56. The lowest BCUT2D eigenvalue weighted by atomic mass is 9.79. The lowest BCUT2D eigenvalue weighted by molar-refractivity contribution is 0.199. The molecule has 1 aromatic carbocycles. The molecule has 1 aliphatic rings. The van der Waals surface area contributed by atoms with Gasteiger partial charge in [0, 0.05) is 9.89 Å². The zero-order valence-electron chi connectivity index (χ0n) is 12.6. The van der Waals surface area contributed by atoms with Crippen LogP contribution in [0.2, 0.25) is 0 Å². The Morgan fingerprint density at radius 1 is 1.09 bits per heavy atom. The monoisotopic (exact) mass is 357 g/mol. The topological polar surface area (TPSA) is 82.8 Å². The number of benzene rings is 1. The quantitative estimate of drug-likeness (QED) is 0.820. The van der Waals surface area contributed by atoms with Crippen LogP contribution in [0.15, 0.2) is 51.5 Å². The first kappa shape index (κ1) is 16.1. The SMILES string of the molecule is CC(C)(C)C1=C(C#N)[C@@H](c2ccc(Br)cc2)C(C#N)=C(N)O1. The van der Waals surface area contributed by atoms with Crippen molar-refractivity contribution in [3.8, 4) is 12.1 Å². The Kier molecular flexibility index (Phi) is 4.30. The van der Waals surface area contributed by atoms with E-state index in [0.717, 1.165) is 10.0 Å². The molecule has 0 spiro atoms. The second-order valence-corrected chi connectivity index (χ2v) is 7.00. The van der Waals surface area contributed by atoms with Gasteiger partial charge in [0.15, 0.2) is 0 Å².